The van der Waals surface area contributed by atoms with E-state index in [0.717, 1.165) is 0 Å². The van der Waals surface area contributed by atoms with Crippen LogP contribution >= 0.6 is 0 Å². The van der Waals surface area contributed by atoms with Crippen LogP contribution in [0.2, 0.25) is 0 Å². The predicted octanol–water partition coefficient (Wildman–Crippen LogP) is 0.257. The van der Waals surface area contributed by atoms with E-state index in [1.807, 2.05) is 13.8 Å². The molecule has 0 radical (unpaired) electrons. The summed E-state index contributed by atoms with van der Waals surface area (Å²) < 4.78 is 22.2. The Balaban J connectivity index is -0.000000213. The third-order valence-corrected chi connectivity index (χ3v) is 1.58. The van der Waals surface area contributed by atoms with E-state index in [-0.39, 0.29) is 24.9 Å². The molecule has 7 heteroatoms. The first-order valence-corrected chi connectivity index (χ1v) is 6.53. The molecule has 0 aromatic heterocycles. The maximum atomic E-state index is 10.5. The highest BCUT2D eigenvalue weighted by molar-refractivity contribution is 7.79. The van der Waals surface area contributed by atoms with Crippen LogP contribution in [0.1, 0.15) is 20.8 Å². The van der Waals surface area contributed by atoms with Gasteiger partial charge in [-0.25, -0.2) is 9.00 Å². The summed E-state index contributed by atoms with van der Waals surface area (Å²) in [5.41, 5.74) is 10.4. The molecule has 17 heavy (non-hydrogen) atoms. The molecule has 0 bridgehead atoms. The van der Waals surface area contributed by atoms with E-state index in [4.69, 9.17) is 16.0 Å². The number of hydrogen-bond donors (Lipinski definition) is 3. The Hall–Kier alpha value is -0.760. The molecule has 1 unspecified atom stereocenters. The van der Waals surface area contributed by atoms with E-state index < -0.39 is 11.1 Å². The van der Waals surface area contributed by atoms with Crippen LogP contribution in [-0.4, -0.2) is 40.2 Å². The van der Waals surface area contributed by atoms with Gasteiger partial charge in [0.05, 0.1) is 5.75 Å². The molecule has 0 fully saturated rings. The topological polar surface area (TPSA) is 116 Å². The Kier molecular flexibility index (Phi) is 22.3. The molecule has 0 aromatic carbocycles. The van der Waals surface area contributed by atoms with Crippen molar-refractivity contribution in [1.29, 1.82) is 0 Å². The van der Waals surface area contributed by atoms with Crippen molar-refractivity contribution in [2.24, 2.45) is 11.5 Å². The minimum absolute atomic E-state index is 0.181. The van der Waals surface area contributed by atoms with Crippen molar-refractivity contribution in [2.75, 3.05) is 25.4 Å². The highest BCUT2D eigenvalue weighted by Gasteiger charge is 1.99. The minimum Gasteiger partial charge on any atom is -0.461 e. The molecule has 0 aliphatic rings. The SMILES string of the molecule is C=C(C)C(=O)OCCN.CC.NCCS(=O)O. The molecular formula is C10H24N2O4S. The van der Waals surface area contributed by atoms with Crippen LogP contribution in [0, 0.1) is 0 Å². The van der Waals surface area contributed by atoms with Crippen LogP contribution < -0.4 is 11.5 Å². The van der Waals surface area contributed by atoms with Gasteiger partial charge in [-0.05, 0) is 6.92 Å². The molecule has 0 saturated heterocycles. The van der Waals surface area contributed by atoms with Crippen LogP contribution in [0.4, 0.5) is 0 Å². The quantitative estimate of drug-likeness (QED) is 0.374. The van der Waals surface area contributed by atoms with Gasteiger partial charge in [0, 0.05) is 18.7 Å². The molecular weight excluding hydrogens is 244 g/mol. The second-order valence-corrected chi connectivity index (χ2v) is 3.57. The average Bonchev–Trinajstić information content (AvgIpc) is 2.29. The number of carbonyl (C=O) groups is 1. The third kappa shape index (κ3) is 25.5. The van der Waals surface area contributed by atoms with Gasteiger partial charge in [-0.3, -0.25) is 0 Å². The summed E-state index contributed by atoms with van der Waals surface area (Å²) in [6, 6.07) is 0. The Labute approximate surface area is 106 Å². The van der Waals surface area contributed by atoms with Crippen molar-refractivity contribution in [3.63, 3.8) is 0 Å². The number of ether oxygens (including phenoxy) is 1. The molecule has 0 saturated carbocycles. The molecule has 0 spiro atoms. The molecule has 104 valence electrons. The van der Waals surface area contributed by atoms with Gasteiger partial charge in [0.1, 0.15) is 6.61 Å². The molecule has 6 nitrogen and oxygen atoms in total. The van der Waals surface area contributed by atoms with Crippen molar-refractivity contribution in [3.05, 3.63) is 12.2 Å². The van der Waals surface area contributed by atoms with Crippen LogP contribution in [0.5, 0.6) is 0 Å². The highest BCUT2D eigenvalue weighted by atomic mass is 32.2. The maximum absolute atomic E-state index is 10.5. The summed E-state index contributed by atoms with van der Waals surface area (Å²) in [4.78, 5) is 10.5. The summed E-state index contributed by atoms with van der Waals surface area (Å²) in [5, 5.41) is 0. The van der Waals surface area contributed by atoms with Crippen LogP contribution in [-0.2, 0) is 20.6 Å². The molecule has 0 aliphatic carbocycles. The smallest absolute Gasteiger partial charge is 0.333 e. The fourth-order valence-corrected chi connectivity index (χ4v) is 0.577. The maximum Gasteiger partial charge on any atom is 0.333 e. The molecule has 0 heterocycles. The number of nitrogens with two attached hydrogens (primary N) is 2. The zero-order valence-electron chi connectivity index (χ0n) is 10.8. The average molecular weight is 268 g/mol. The number of rotatable bonds is 5. The van der Waals surface area contributed by atoms with Gasteiger partial charge >= 0.3 is 5.97 Å². The first-order chi connectivity index (χ1) is 7.95. The van der Waals surface area contributed by atoms with E-state index in [1.165, 1.54) is 0 Å². The van der Waals surface area contributed by atoms with Gasteiger partial charge in [0.25, 0.3) is 0 Å². The summed E-state index contributed by atoms with van der Waals surface area (Å²) in [6.07, 6.45) is 0. The second kappa shape index (κ2) is 17.6. The van der Waals surface area contributed by atoms with E-state index >= 15 is 0 Å². The van der Waals surface area contributed by atoms with Crippen molar-refractivity contribution in [2.45, 2.75) is 20.8 Å². The summed E-state index contributed by atoms with van der Waals surface area (Å²) in [7, 11) is 0. The zero-order chi connectivity index (χ0) is 14.3. The van der Waals surface area contributed by atoms with E-state index in [2.05, 4.69) is 11.3 Å². The molecule has 1 atom stereocenters. The third-order valence-electron chi connectivity index (χ3n) is 0.992. The Morgan fingerprint density at radius 1 is 1.35 bits per heavy atom. The van der Waals surface area contributed by atoms with Gasteiger partial charge in [0.2, 0.25) is 0 Å². The number of hydrogen-bond acceptors (Lipinski definition) is 5. The predicted molar refractivity (Wildman–Crippen MR) is 70.9 cm³/mol. The highest BCUT2D eigenvalue weighted by Crippen LogP contribution is 1.89. The lowest BCUT2D eigenvalue weighted by atomic mass is 10.4. The molecule has 0 rings (SSSR count). The van der Waals surface area contributed by atoms with Crippen LogP contribution in [0.25, 0.3) is 0 Å². The second-order valence-electron chi connectivity index (χ2n) is 2.52. The summed E-state index contributed by atoms with van der Waals surface area (Å²) in [5.74, 6) is -0.194. The Bertz CT molecular complexity index is 222. The summed E-state index contributed by atoms with van der Waals surface area (Å²) in [6.45, 7) is 9.90. The van der Waals surface area contributed by atoms with Crippen molar-refractivity contribution < 1.29 is 18.3 Å². The normalized spacial score (nSPS) is 10.0. The zero-order valence-corrected chi connectivity index (χ0v) is 11.6. The first-order valence-electron chi connectivity index (χ1n) is 5.25. The van der Waals surface area contributed by atoms with Gasteiger partial charge in [-0.1, -0.05) is 20.4 Å². The Morgan fingerprint density at radius 2 is 1.82 bits per heavy atom. The van der Waals surface area contributed by atoms with Gasteiger partial charge < -0.3 is 20.8 Å². The lowest BCUT2D eigenvalue weighted by molar-refractivity contribution is -0.138. The van der Waals surface area contributed by atoms with Gasteiger partial charge in [-0.15, -0.1) is 0 Å². The largest absolute Gasteiger partial charge is 0.461 e. The van der Waals surface area contributed by atoms with Gasteiger partial charge in [-0.2, -0.15) is 0 Å². The molecule has 0 amide bonds. The molecule has 5 N–H and O–H groups in total. The lowest BCUT2D eigenvalue weighted by Gasteiger charge is -1.99. The lowest BCUT2D eigenvalue weighted by Crippen LogP contribution is -2.13. The number of esters is 1. The summed E-state index contributed by atoms with van der Waals surface area (Å²) >= 11 is -1.69. The fraction of sp³-hybridized carbons (Fsp3) is 0.700. The standard InChI is InChI=1S/C6H11NO2.C2H7NO2S.C2H6/c1-5(2)6(8)9-4-3-7;3-1-2-6(4)5;1-2/h1,3-4,7H2,2H3;1-3H2,(H,4,5);1-2H3. The Morgan fingerprint density at radius 3 is 2.00 bits per heavy atom. The van der Waals surface area contributed by atoms with Crippen molar-refractivity contribution in [3.8, 4) is 0 Å². The van der Waals surface area contributed by atoms with E-state index in [0.29, 0.717) is 12.1 Å². The first kappa shape index (κ1) is 21.5. The van der Waals surface area contributed by atoms with Crippen LogP contribution in [0.3, 0.4) is 0 Å². The number of carbonyl (C=O) groups excluding carboxylic acids is 1. The molecule has 0 aliphatic heterocycles. The van der Waals surface area contributed by atoms with Crippen molar-refractivity contribution >= 4 is 17.0 Å². The molecule has 0 aromatic rings. The van der Waals surface area contributed by atoms with Gasteiger partial charge in [0.15, 0.2) is 11.1 Å². The van der Waals surface area contributed by atoms with E-state index in [9.17, 15) is 9.00 Å². The monoisotopic (exact) mass is 268 g/mol. The van der Waals surface area contributed by atoms with Crippen LogP contribution in [0.15, 0.2) is 12.2 Å². The fourth-order valence-electron chi connectivity index (χ4n) is 0.376. The van der Waals surface area contributed by atoms with Crippen molar-refractivity contribution in [1.82, 2.24) is 0 Å². The minimum atomic E-state index is -1.69. The van der Waals surface area contributed by atoms with E-state index in [1.54, 1.807) is 6.92 Å².